The number of hydrogen-bond acceptors (Lipinski definition) is 7. The average Bonchev–Trinajstić information content (AvgIpc) is 2.69. The molecule has 0 aliphatic heterocycles. The molecule has 0 spiro atoms. The Morgan fingerprint density at radius 2 is 1.81 bits per heavy atom. The molecule has 1 heterocycles. The Morgan fingerprint density at radius 3 is 2.52 bits per heavy atom. The highest BCUT2D eigenvalue weighted by Gasteiger charge is 2.22. The summed E-state index contributed by atoms with van der Waals surface area (Å²) < 4.78 is 10.6. The Labute approximate surface area is 154 Å². The van der Waals surface area contributed by atoms with Gasteiger partial charge in [-0.05, 0) is 13.0 Å². The van der Waals surface area contributed by atoms with Crippen molar-refractivity contribution in [2.75, 3.05) is 6.61 Å². The van der Waals surface area contributed by atoms with E-state index in [1.165, 1.54) is 24.4 Å². The van der Waals surface area contributed by atoms with E-state index < -0.39 is 10.9 Å². The highest BCUT2D eigenvalue weighted by atomic mass is 16.6. The Hall–Kier alpha value is -3.81. The molecular formula is C19H15N3O5. The van der Waals surface area contributed by atoms with Crippen molar-refractivity contribution in [3.63, 3.8) is 0 Å². The molecule has 0 radical (unpaired) electrons. The Balaban J connectivity index is 2.08. The van der Waals surface area contributed by atoms with E-state index in [9.17, 15) is 14.9 Å². The van der Waals surface area contributed by atoms with Crippen LogP contribution in [0.4, 0.5) is 5.69 Å². The van der Waals surface area contributed by atoms with Crippen LogP contribution in [0.1, 0.15) is 17.3 Å². The summed E-state index contributed by atoms with van der Waals surface area (Å²) in [4.78, 5) is 31.3. The Kier molecular flexibility index (Phi) is 5.36. The van der Waals surface area contributed by atoms with Gasteiger partial charge in [-0.1, -0.05) is 42.5 Å². The molecule has 1 aromatic heterocycles. The predicted octanol–water partition coefficient (Wildman–Crippen LogP) is 4.02. The fourth-order valence-electron chi connectivity index (χ4n) is 2.32. The van der Waals surface area contributed by atoms with E-state index in [4.69, 9.17) is 9.47 Å². The molecular weight excluding hydrogens is 350 g/mol. The summed E-state index contributed by atoms with van der Waals surface area (Å²) >= 11 is 0. The van der Waals surface area contributed by atoms with Crippen molar-refractivity contribution in [3.8, 4) is 23.0 Å². The Morgan fingerprint density at radius 1 is 1.11 bits per heavy atom. The highest BCUT2D eigenvalue weighted by molar-refractivity contribution is 5.92. The SMILES string of the molecule is CCOC(=O)c1cnc(-c2ccccc2)nc1Oc1ccccc1[N+](=O)[O-]. The zero-order valence-corrected chi connectivity index (χ0v) is 14.4. The van der Waals surface area contributed by atoms with Gasteiger partial charge in [0.05, 0.1) is 11.5 Å². The minimum absolute atomic E-state index is 0.0188. The molecule has 3 rings (SSSR count). The van der Waals surface area contributed by atoms with Crippen LogP contribution in [0.3, 0.4) is 0 Å². The topological polar surface area (TPSA) is 104 Å². The van der Waals surface area contributed by atoms with E-state index in [1.54, 1.807) is 25.1 Å². The minimum Gasteiger partial charge on any atom is -0.462 e. The van der Waals surface area contributed by atoms with Crippen LogP contribution in [0, 0.1) is 10.1 Å². The van der Waals surface area contributed by atoms with E-state index in [1.807, 2.05) is 18.2 Å². The molecule has 2 aromatic carbocycles. The molecule has 0 aliphatic carbocycles. The molecule has 0 fully saturated rings. The summed E-state index contributed by atoms with van der Waals surface area (Å²) in [7, 11) is 0. The number of hydrogen-bond donors (Lipinski definition) is 0. The number of rotatable bonds is 6. The van der Waals surface area contributed by atoms with E-state index in [0.29, 0.717) is 11.4 Å². The molecule has 27 heavy (non-hydrogen) atoms. The lowest BCUT2D eigenvalue weighted by Gasteiger charge is -2.11. The number of carbonyl (C=O) groups is 1. The van der Waals surface area contributed by atoms with Crippen LogP contribution in [-0.2, 0) is 4.74 Å². The van der Waals surface area contributed by atoms with Gasteiger partial charge in [-0.2, -0.15) is 4.98 Å². The van der Waals surface area contributed by atoms with Crippen LogP contribution >= 0.6 is 0 Å². The lowest BCUT2D eigenvalue weighted by molar-refractivity contribution is -0.385. The van der Waals surface area contributed by atoms with Crippen molar-refractivity contribution >= 4 is 11.7 Å². The maximum Gasteiger partial charge on any atom is 0.345 e. The van der Waals surface area contributed by atoms with Crippen LogP contribution in [-0.4, -0.2) is 27.5 Å². The predicted molar refractivity (Wildman–Crippen MR) is 96.6 cm³/mol. The third-order valence-electron chi connectivity index (χ3n) is 3.55. The zero-order chi connectivity index (χ0) is 19.2. The molecule has 0 saturated carbocycles. The van der Waals surface area contributed by atoms with Gasteiger partial charge in [0.25, 0.3) is 0 Å². The second-order valence-corrected chi connectivity index (χ2v) is 5.33. The number of carbonyl (C=O) groups excluding carboxylic acids is 1. The van der Waals surface area contributed by atoms with Gasteiger partial charge in [0.1, 0.15) is 5.56 Å². The smallest absolute Gasteiger partial charge is 0.345 e. The summed E-state index contributed by atoms with van der Waals surface area (Å²) in [5.41, 5.74) is 0.446. The van der Waals surface area contributed by atoms with Crippen LogP contribution in [0.15, 0.2) is 60.8 Å². The first-order valence-electron chi connectivity index (χ1n) is 8.11. The van der Waals surface area contributed by atoms with Crippen molar-refractivity contribution in [1.29, 1.82) is 0 Å². The largest absolute Gasteiger partial charge is 0.462 e. The van der Waals surface area contributed by atoms with Gasteiger partial charge in [0.15, 0.2) is 5.82 Å². The first-order valence-corrected chi connectivity index (χ1v) is 8.11. The second-order valence-electron chi connectivity index (χ2n) is 5.33. The van der Waals surface area contributed by atoms with Gasteiger partial charge in [0, 0.05) is 17.8 Å². The third-order valence-corrected chi connectivity index (χ3v) is 3.55. The second kappa shape index (κ2) is 8.05. The molecule has 0 bridgehead atoms. The van der Waals surface area contributed by atoms with Crippen molar-refractivity contribution in [2.45, 2.75) is 6.92 Å². The molecule has 0 N–H and O–H groups in total. The lowest BCUT2D eigenvalue weighted by Crippen LogP contribution is -2.09. The number of para-hydroxylation sites is 2. The quantitative estimate of drug-likeness (QED) is 0.369. The van der Waals surface area contributed by atoms with Crippen LogP contribution < -0.4 is 4.74 Å². The van der Waals surface area contributed by atoms with Gasteiger partial charge in [-0.15, -0.1) is 0 Å². The number of nitrogens with zero attached hydrogens (tertiary/aromatic N) is 3. The average molecular weight is 365 g/mol. The number of benzene rings is 2. The van der Waals surface area contributed by atoms with Gasteiger partial charge in [-0.25, -0.2) is 9.78 Å². The minimum atomic E-state index is -0.675. The first-order chi connectivity index (χ1) is 13.1. The molecule has 0 unspecified atom stereocenters. The number of nitro groups is 1. The maximum atomic E-state index is 12.2. The molecule has 136 valence electrons. The molecule has 8 heteroatoms. The Bertz CT molecular complexity index is 976. The van der Waals surface area contributed by atoms with Gasteiger partial charge >= 0.3 is 11.7 Å². The summed E-state index contributed by atoms with van der Waals surface area (Å²) in [5, 5.41) is 11.2. The van der Waals surface area contributed by atoms with Crippen molar-refractivity contribution in [1.82, 2.24) is 9.97 Å². The van der Waals surface area contributed by atoms with Crippen molar-refractivity contribution in [3.05, 3.63) is 76.5 Å². The standard InChI is InChI=1S/C19H15N3O5/c1-2-26-19(23)14-12-20-17(13-8-4-3-5-9-13)21-18(14)27-16-11-7-6-10-15(16)22(24)25/h3-12H,2H2,1H3. The van der Waals surface area contributed by atoms with Crippen LogP contribution in [0.2, 0.25) is 0 Å². The lowest BCUT2D eigenvalue weighted by atomic mass is 10.2. The monoisotopic (exact) mass is 365 g/mol. The maximum absolute atomic E-state index is 12.2. The molecule has 8 nitrogen and oxygen atoms in total. The molecule has 3 aromatic rings. The molecule has 0 saturated heterocycles. The fraction of sp³-hybridized carbons (Fsp3) is 0.105. The van der Waals surface area contributed by atoms with Gasteiger partial charge in [-0.3, -0.25) is 10.1 Å². The number of aromatic nitrogens is 2. The van der Waals surface area contributed by atoms with Crippen LogP contribution in [0.5, 0.6) is 11.6 Å². The summed E-state index contributed by atoms with van der Waals surface area (Å²) in [6, 6.07) is 14.9. The van der Waals surface area contributed by atoms with Crippen molar-refractivity contribution < 1.29 is 19.2 Å². The molecule has 0 aliphatic rings. The van der Waals surface area contributed by atoms with Gasteiger partial charge < -0.3 is 9.47 Å². The first kappa shape index (κ1) is 18.0. The molecule has 0 atom stereocenters. The highest BCUT2D eigenvalue weighted by Crippen LogP contribution is 2.32. The van der Waals surface area contributed by atoms with E-state index >= 15 is 0 Å². The number of nitro benzene ring substituents is 1. The van der Waals surface area contributed by atoms with E-state index in [-0.39, 0.29) is 29.5 Å². The molecule has 0 amide bonds. The van der Waals surface area contributed by atoms with Gasteiger partial charge in [0.2, 0.25) is 11.6 Å². The van der Waals surface area contributed by atoms with Crippen molar-refractivity contribution in [2.24, 2.45) is 0 Å². The summed E-state index contributed by atoms with van der Waals surface area (Å²) in [5.74, 6) is -0.509. The summed E-state index contributed by atoms with van der Waals surface area (Å²) in [6.45, 7) is 1.82. The van der Waals surface area contributed by atoms with Crippen LogP contribution in [0.25, 0.3) is 11.4 Å². The normalized spacial score (nSPS) is 10.3. The third kappa shape index (κ3) is 4.06. The van der Waals surface area contributed by atoms with E-state index in [2.05, 4.69) is 9.97 Å². The van der Waals surface area contributed by atoms with E-state index in [0.717, 1.165) is 0 Å². The fourth-order valence-corrected chi connectivity index (χ4v) is 2.32. The number of ether oxygens (including phenoxy) is 2. The zero-order valence-electron chi connectivity index (χ0n) is 14.4. The number of esters is 1. The summed E-state index contributed by atoms with van der Waals surface area (Å²) in [6.07, 6.45) is 1.29.